The van der Waals surface area contributed by atoms with E-state index in [1.54, 1.807) is 29.8 Å². The number of aromatic amines is 1. The molecule has 168 valence electrons. The predicted octanol–water partition coefficient (Wildman–Crippen LogP) is 3.32. The minimum atomic E-state index is -0.258. The zero-order chi connectivity index (χ0) is 22.9. The maximum absolute atomic E-state index is 12.5. The van der Waals surface area contributed by atoms with Gasteiger partial charge in [-0.15, -0.1) is 0 Å². The first-order chi connectivity index (χ1) is 16.0. The summed E-state index contributed by atoms with van der Waals surface area (Å²) < 4.78 is 1.63. The van der Waals surface area contributed by atoms with E-state index < -0.39 is 0 Å². The number of H-pyrrole nitrogens is 1. The quantitative estimate of drug-likeness (QED) is 0.525. The Bertz CT molecular complexity index is 1360. The minimum Gasteiger partial charge on any atom is -0.331 e. The van der Waals surface area contributed by atoms with Gasteiger partial charge in [0.25, 0.3) is 0 Å². The Balaban J connectivity index is 1.36. The average Bonchev–Trinajstić information content (AvgIpc) is 3.45. The van der Waals surface area contributed by atoms with Gasteiger partial charge in [0.2, 0.25) is 0 Å². The van der Waals surface area contributed by atoms with Crippen LogP contribution in [0.4, 0.5) is 4.79 Å². The molecule has 1 unspecified atom stereocenters. The molecule has 1 N–H and O–H groups in total. The van der Waals surface area contributed by atoms with Crippen molar-refractivity contribution in [3.63, 3.8) is 0 Å². The molecule has 5 rings (SSSR count). The number of hydrogen-bond acceptors (Lipinski definition) is 4. The van der Waals surface area contributed by atoms with Crippen molar-refractivity contribution in [3.05, 3.63) is 77.1 Å². The topological polar surface area (TPSA) is 87.1 Å². The first kappa shape index (κ1) is 20.9. The number of nitrogens with zero attached hydrogens (tertiary/aromatic N) is 5. The van der Waals surface area contributed by atoms with Crippen LogP contribution in [0, 0.1) is 5.92 Å². The maximum atomic E-state index is 12.5. The molecule has 1 aliphatic heterocycles. The van der Waals surface area contributed by atoms with Crippen molar-refractivity contribution in [1.29, 1.82) is 0 Å². The van der Waals surface area contributed by atoms with Gasteiger partial charge in [0, 0.05) is 45.2 Å². The molecular weight excluding hydrogens is 416 g/mol. The molecule has 0 radical (unpaired) electrons. The second kappa shape index (κ2) is 8.54. The third kappa shape index (κ3) is 4.11. The van der Waals surface area contributed by atoms with Gasteiger partial charge in [-0.2, -0.15) is 5.10 Å². The monoisotopic (exact) mass is 442 g/mol. The largest absolute Gasteiger partial charge is 0.347 e. The first-order valence-electron chi connectivity index (χ1n) is 11.1. The number of carbonyl (C=O) groups is 1. The zero-order valence-electron chi connectivity index (χ0n) is 18.7. The lowest BCUT2D eigenvalue weighted by atomic mass is 10.0. The lowest BCUT2D eigenvalue weighted by Gasteiger charge is -2.21. The van der Waals surface area contributed by atoms with Crippen LogP contribution in [-0.2, 0) is 6.42 Å². The lowest BCUT2D eigenvalue weighted by Crippen LogP contribution is -2.37. The second-order valence-corrected chi connectivity index (χ2v) is 8.72. The van der Waals surface area contributed by atoms with Crippen LogP contribution in [0.3, 0.4) is 0 Å². The summed E-state index contributed by atoms with van der Waals surface area (Å²) in [7, 11) is 3.53. The Morgan fingerprint density at radius 2 is 1.91 bits per heavy atom. The van der Waals surface area contributed by atoms with Gasteiger partial charge in [0.1, 0.15) is 5.82 Å². The van der Waals surface area contributed by atoms with Crippen LogP contribution in [0.25, 0.3) is 27.7 Å². The van der Waals surface area contributed by atoms with Gasteiger partial charge in [-0.3, -0.25) is 4.98 Å². The molecule has 0 bridgehead atoms. The van der Waals surface area contributed by atoms with Crippen LogP contribution in [0.2, 0.25) is 0 Å². The van der Waals surface area contributed by atoms with E-state index >= 15 is 0 Å². The van der Waals surface area contributed by atoms with Gasteiger partial charge in [-0.25, -0.2) is 19.3 Å². The Kier molecular flexibility index (Phi) is 5.42. The summed E-state index contributed by atoms with van der Waals surface area (Å²) >= 11 is 0. The summed E-state index contributed by atoms with van der Waals surface area (Å²) in [5.41, 5.74) is 3.59. The summed E-state index contributed by atoms with van der Waals surface area (Å²) in [4.78, 5) is 32.7. The minimum absolute atomic E-state index is 0.0244. The van der Waals surface area contributed by atoms with Gasteiger partial charge in [-0.05, 0) is 47.7 Å². The van der Waals surface area contributed by atoms with Crippen molar-refractivity contribution < 1.29 is 4.79 Å². The number of benzene rings is 2. The summed E-state index contributed by atoms with van der Waals surface area (Å²) in [6.07, 6.45) is 3.33. The van der Waals surface area contributed by atoms with Crippen LogP contribution >= 0.6 is 0 Å². The smallest absolute Gasteiger partial charge is 0.331 e. The molecule has 1 aliphatic rings. The number of amides is 2. The highest BCUT2D eigenvalue weighted by Gasteiger charge is 2.28. The van der Waals surface area contributed by atoms with Crippen LogP contribution < -0.4 is 5.69 Å². The molecule has 2 aromatic heterocycles. The first-order valence-corrected chi connectivity index (χ1v) is 11.1. The van der Waals surface area contributed by atoms with E-state index in [0.717, 1.165) is 40.7 Å². The van der Waals surface area contributed by atoms with Crippen LogP contribution in [-0.4, -0.2) is 62.8 Å². The van der Waals surface area contributed by atoms with Crippen molar-refractivity contribution in [2.45, 2.75) is 12.8 Å². The molecule has 8 heteroatoms. The molecule has 8 nitrogen and oxygen atoms in total. The Hall–Kier alpha value is -3.94. The van der Waals surface area contributed by atoms with E-state index in [4.69, 9.17) is 0 Å². The van der Waals surface area contributed by atoms with E-state index in [-0.39, 0.29) is 17.6 Å². The number of urea groups is 1. The molecule has 2 aromatic carbocycles. The van der Waals surface area contributed by atoms with Gasteiger partial charge in [0.15, 0.2) is 0 Å². The Labute approximate surface area is 191 Å². The summed E-state index contributed by atoms with van der Waals surface area (Å²) in [5, 5.41) is 7.97. The second-order valence-electron chi connectivity index (χ2n) is 8.72. The molecule has 1 atom stereocenters. The molecule has 4 aromatic rings. The van der Waals surface area contributed by atoms with E-state index in [0.29, 0.717) is 18.8 Å². The van der Waals surface area contributed by atoms with E-state index in [1.165, 1.54) is 0 Å². The maximum Gasteiger partial charge on any atom is 0.347 e. The van der Waals surface area contributed by atoms with Crippen molar-refractivity contribution in [1.82, 2.24) is 29.5 Å². The summed E-state index contributed by atoms with van der Waals surface area (Å²) in [6, 6.07) is 18.1. The SMILES string of the molecule is CN(C)C(=O)N1CCC(Cc2n[nH]c(=O)n2-c2ccc(-c3ccc4cccnc4c3)cc2)C1. The number of fused-ring (bicyclic) bond motifs is 1. The highest BCUT2D eigenvalue weighted by molar-refractivity contribution is 5.84. The van der Waals surface area contributed by atoms with Crippen molar-refractivity contribution >= 4 is 16.9 Å². The fourth-order valence-electron chi connectivity index (χ4n) is 4.50. The summed E-state index contributed by atoms with van der Waals surface area (Å²) in [6.45, 7) is 1.40. The molecule has 2 amide bonds. The fourth-order valence-corrected chi connectivity index (χ4v) is 4.50. The number of likely N-dealkylation sites (tertiary alicyclic amines) is 1. The predicted molar refractivity (Wildman–Crippen MR) is 127 cm³/mol. The third-order valence-corrected chi connectivity index (χ3v) is 6.22. The number of hydrogen-bond donors (Lipinski definition) is 1. The fraction of sp³-hybridized carbons (Fsp3) is 0.280. The molecular formula is C25H26N6O2. The van der Waals surface area contributed by atoms with Crippen LogP contribution in [0.15, 0.2) is 65.6 Å². The van der Waals surface area contributed by atoms with Gasteiger partial charge >= 0.3 is 11.7 Å². The lowest BCUT2D eigenvalue weighted by molar-refractivity contribution is 0.180. The summed E-state index contributed by atoms with van der Waals surface area (Å²) in [5.74, 6) is 0.957. The molecule has 1 fully saturated rings. The Morgan fingerprint density at radius 3 is 2.70 bits per heavy atom. The van der Waals surface area contributed by atoms with E-state index in [2.05, 4.69) is 33.4 Å². The van der Waals surface area contributed by atoms with Gasteiger partial charge in [-0.1, -0.05) is 30.3 Å². The van der Waals surface area contributed by atoms with Crippen LogP contribution in [0.5, 0.6) is 0 Å². The van der Waals surface area contributed by atoms with E-state index in [9.17, 15) is 9.59 Å². The standard InChI is InChI=1S/C25H26N6O2/c1-29(2)25(33)30-13-11-17(16-30)14-23-27-28-24(32)31(23)21-9-7-18(8-10-21)20-6-5-19-4-3-12-26-22(19)15-20/h3-10,12,15,17H,11,13-14,16H2,1-2H3,(H,28,32). The number of carbonyl (C=O) groups excluding carboxylic acids is 1. The zero-order valence-corrected chi connectivity index (χ0v) is 18.7. The number of pyridine rings is 1. The highest BCUT2D eigenvalue weighted by Crippen LogP contribution is 2.25. The number of nitrogens with one attached hydrogen (secondary N) is 1. The van der Waals surface area contributed by atoms with Crippen molar-refractivity contribution in [3.8, 4) is 16.8 Å². The molecule has 3 heterocycles. The van der Waals surface area contributed by atoms with E-state index in [1.807, 2.05) is 41.3 Å². The van der Waals surface area contributed by atoms with Crippen LogP contribution in [0.1, 0.15) is 12.2 Å². The molecule has 33 heavy (non-hydrogen) atoms. The molecule has 0 spiro atoms. The highest BCUT2D eigenvalue weighted by atomic mass is 16.2. The normalized spacial score (nSPS) is 15.8. The average molecular weight is 443 g/mol. The van der Waals surface area contributed by atoms with Gasteiger partial charge < -0.3 is 9.80 Å². The van der Waals surface area contributed by atoms with Crippen molar-refractivity contribution in [2.75, 3.05) is 27.2 Å². The van der Waals surface area contributed by atoms with Gasteiger partial charge in [0.05, 0.1) is 11.2 Å². The molecule has 1 saturated heterocycles. The number of rotatable bonds is 4. The van der Waals surface area contributed by atoms with Crippen molar-refractivity contribution in [2.24, 2.45) is 5.92 Å². The third-order valence-electron chi connectivity index (χ3n) is 6.22. The molecule has 0 saturated carbocycles. The molecule has 0 aliphatic carbocycles. The number of aromatic nitrogens is 4. The Morgan fingerprint density at radius 1 is 1.12 bits per heavy atom.